The van der Waals surface area contributed by atoms with Crippen LogP contribution >= 0.6 is 0 Å². The van der Waals surface area contributed by atoms with Crippen molar-refractivity contribution in [2.45, 2.75) is 32.0 Å². The molecule has 2 heterocycles. The van der Waals surface area contributed by atoms with E-state index in [-0.39, 0.29) is 11.7 Å². The lowest BCUT2D eigenvalue weighted by atomic mass is 9.93. The van der Waals surface area contributed by atoms with Crippen LogP contribution in [0.3, 0.4) is 0 Å². The van der Waals surface area contributed by atoms with E-state index in [0.29, 0.717) is 35.7 Å². The van der Waals surface area contributed by atoms with Crippen LogP contribution in [0, 0.1) is 0 Å². The summed E-state index contributed by atoms with van der Waals surface area (Å²) in [5.41, 5.74) is 2.20. The minimum Gasteiger partial charge on any atom is -0.496 e. The molecule has 1 aromatic rings. The second-order valence-electron chi connectivity index (χ2n) is 5.90. The van der Waals surface area contributed by atoms with Crippen molar-refractivity contribution >= 4 is 17.3 Å². The highest BCUT2D eigenvalue weighted by Crippen LogP contribution is 2.53. The summed E-state index contributed by atoms with van der Waals surface area (Å²) < 4.78 is 22.2. The van der Waals surface area contributed by atoms with E-state index in [1.54, 1.807) is 18.4 Å². The van der Waals surface area contributed by atoms with Crippen molar-refractivity contribution in [3.05, 3.63) is 35.6 Å². The predicted octanol–water partition coefficient (Wildman–Crippen LogP) is 2.71. The van der Waals surface area contributed by atoms with Gasteiger partial charge < -0.3 is 18.9 Å². The molecule has 24 heavy (non-hydrogen) atoms. The van der Waals surface area contributed by atoms with Crippen LogP contribution < -0.4 is 14.2 Å². The highest BCUT2D eigenvalue weighted by Gasteiger charge is 2.42. The number of methoxy groups -OCH3 is 1. The molecule has 0 radical (unpaired) electrons. The number of hydrogen-bond acceptors (Lipinski definition) is 6. The molecule has 0 fully saturated rings. The molecule has 2 atom stereocenters. The number of hydrogen-bond donors (Lipinski definition) is 0. The van der Waals surface area contributed by atoms with E-state index in [1.807, 2.05) is 6.08 Å². The minimum atomic E-state index is -0.464. The van der Waals surface area contributed by atoms with Gasteiger partial charge in [0.15, 0.2) is 5.78 Å². The fourth-order valence-corrected chi connectivity index (χ4v) is 3.39. The Hall–Kier alpha value is -2.76. The Kier molecular flexibility index (Phi) is 3.33. The lowest BCUT2D eigenvalue weighted by molar-refractivity contribution is -0.132. The van der Waals surface area contributed by atoms with Crippen molar-refractivity contribution in [1.82, 2.24) is 0 Å². The maximum atomic E-state index is 11.7. The first kappa shape index (κ1) is 14.8. The summed E-state index contributed by atoms with van der Waals surface area (Å²) in [6, 6.07) is 1.76. The molecule has 0 aromatic heterocycles. The normalized spacial score (nSPS) is 23.2. The Morgan fingerprint density at radius 3 is 2.83 bits per heavy atom. The monoisotopic (exact) mass is 328 g/mol. The van der Waals surface area contributed by atoms with E-state index in [2.05, 4.69) is 0 Å². The SMILES string of the molecule is COc1cc2c(c(OC(C)=O)c1C1=CC(=O)CC1)[C@@H]1C=CO[C@@H]1O2. The molecule has 0 saturated heterocycles. The van der Waals surface area contributed by atoms with Crippen LogP contribution in [0.2, 0.25) is 0 Å². The zero-order chi connectivity index (χ0) is 16.8. The summed E-state index contributed by atoms with van der Waals surface area (Å²) in [6.07, 6.45) is 5.61. The minimum absolute atomic E-state index is 0.0551. The molecule has 0 saturated carbocycles. The third kappa shape index (κ3) is 2.18. The van der Waals surface area contributed by atoms with Crippen LogP contribution in [0.25, 0.3) is 5.57 Å². The number of esters is 1. The Morgan fingerprint density at radius 2 is 2.17 bits per heavy atom. The van der Waals surface area contributed by atoms with Gasteiger partial charge in [0.25, 0.3) is 6.29 Å². The van der Waals surface area contributed by atoms with Crippen molar-refractivity contribution in [2.24, 2.45) is 0 Å². The smallest absolute Gasteiger partial charge is 0.308 e. The van der Waals surface area contributed by atoms with E-state index in [9.17, 15) is 9.59 Å². The standard InChI is InChI=1S/C18H16O6/c1-9(19)23-17-15(10-3-4-11(20)7-10)13(21-2)8-14-16(17)12-5-6-22-18(12)24-14/h5-8,12,18H,3-4H2,1-2H3/t12-,18+/m0/s1. The van der Waals surface area contributed by atoms with E-state index >= 15 is 0 Å². The fourth-order valence-electron chi connectivity index (χ4n) is 3.39. The van der Waals surface area contributed by atoms with Crippen molar-refractivity contribution < 1.29 is 28.5 Å². The molecule has 4 rings (SSSR count). The Labute approximate surface area is 138 Å². The second-order valence-corrected chi connectivity index (χ2v) is 5.90. The molecule has 3 aliphatic rings. The fraction of sp³-hybridized carbons (Fsp3) is 0.333. The summed E-state index contributed by atoms with van der Waals surface area (Å²) in [4.78, 5) is 23.4. The Bertz CT molecular complexity index is 804. The van der Waals surface area contributed by atoms with Crippen LogP contribution in [0.1, 0.15) is 36.8 Å². The lowest BCUT2D eigenvalue weighted by Gasteiger charge is -2.18. The van der Waals surface area contributed by atoms with Gasteiger partial charge in [-0.15, -0.1) is 0 Å². The number of rotatable bonds is 3. The second kappa shape index (κ2) is 5.40. The molecule has 0 unspecified atom stereocenters. The van der Waals surface area contributed by atoms with E-state index < -0.39 is 12.3 Å². The third-order valence-corrected chi connectivity index (χ3v) is 4.38. The summed E-state index contributed by atoms with van der Waals surface area (Å²) >= 11 is 0. The van der Waals surface area contributed by atoms with Crippen molar-refractivity contribution in [2.75, 3.05) is 7.11 Å². The number of carbonyl (C=O) groups excluding carboxylic acids is 2. The van der Waals surface area contributed by atoms with Gasteiger partial charge >= 0.3 is 5.97 Å². The molecule has 0 amide bonds. The first-order chi connectivity index (χ1) is 11.6. The van der Waals surface area contributed by atoms with Gasteiger partial charge in [-0.05, 0) is 24.1 Å². The first-order valence-electron chi connectivity index (χ1n) is 7.74. The van der Waals surface area contributed by atoms with Gasteiger partial charge in [0.2, 0.25) is 0 Å². The number of carbonyl (C=O) groups is 2. The molecule has 0 spiro atoms. The summed E-state index contributed by atoms with van der Waals surface area (Å²) in [7, 11) is 1.53. The number of allylic oxidation sites excluding steroid dienone is 2. The quantitative estimate of drug-likeness (QED) is 0.627. The van der Waals surface area contributed by atoms with E-state index in [4.69, 9.17) is 18.9 Å². The van der Waals surface area contributed by atoms with Gasteiger partial charge in [-0.1, -0.05) is 0 Å². The molecule has 0 N–H and O–H groups in total. The molecule has 6 nitrogen and oxygen atoms in total. The zero-order valence-corrected chi connectivity index (χ0v) is 13.3. The zero-order valence-electron chi connectivity index (χ0n) is 13.3. The molecular formula is C18H16O6. The molecule has 2 aliphatic heterocycles. The third-order valence-electron chi connectivity index (χ3n) is 4.38. The van der Waals surface area contributed by atoms with E-state index in [0.717, 1.165) is 11.1 Å². The van der Waals surface area contributed by atoms with Gasteiger partial charge in [0.1, 0.15) is 17.2 Å². The van der Waals surface area contributed by atoms with Gasteiger partial charge in [0.05, 0.1) is 30.4 Å². The van der Waals surface area contributed by atoms with Gasteiger partial charge in [-0.25, -0.2) is 0 Å². The van der Waals surface area contributed by atoms with Gasteiger partial charge in [0, 0.05) is 19.4 Å². The Balaban J connectivity index is 1.96. The number of fused-ring (bicyclic) bond motifs is 3. The molecule has 0 bridgehead atoms. The Morgan fingerprint density at radius 1 is 1.33 bits per heavy atom. The number of benzene rings is 1. The largest absolute Gasteiger partial charge is 0.496 e. The summed E-state index contributed by atoms with van der Waals surface area (Å²) in [6.45, 7) is 1.35. The highest BCUT2D eigenvalue weighted by atomic mass is 16.7. The van der Waals surface area contributed by atoms with Crippen LogP contribution in [-0.4, -0.2) is 25.2 Å². The number of ketones is 1. The van der Waals surface area contributed by atoms with Gasteiger partial charge in [-0.2, -0.15) is 0 Å². The van der Waals surface area contributed by atoms with Crippen LogP contribution in [0.5, 0.6) is 17.2 Å². The van der Waals surface area contributed by atoms with Crippen molar-refractivity contribution in [1.29, 1.82) is 0 Å². The summed E-state index contributed by atoms with van der Waals surface area (Å²) in [5, 5.41) is 0. The predicted molar refractivity (Wildman–Crippen MR) is 83.9 cm³/mol. The first-order valence-corrected chi connectivity index (χ1v) is 7.74. The maximum Gasteiger partial charge on any atom is 0.308 e. The summed E-state index contributed by atoms with van der Waals surface area (Å²) in [5.74, 6) is 0.922. The molecular weight excluding hydrogens is 312 g/mol. The molecule has 1 aliphatic carbocycles. The lowest BCUT2D eigenvalue weighted by Crippen LogP contribution is -2.14. The maximum absolute atomic E-state index is 11.7. The van der Waals surface area contributed by atoms with Crippen LogP contribution in [0.4, 0.5) is 0 Å². The van der Waals surface area contributed by atoms with Crippen LogP contribution in [-0.2, 0) is 14.3 Å². The molecule has 1 aromatic carbocycles. The average Bonchev–Trinajstić information content (AvgIpc) is 3.21. The molecule has 124 valence electrons. The van der Waals surface area contributed by atoms with Crippen LogP contribution in [0.15, 0.2) is 24.5 Å². The average molecular weight is 328 g/mol. The van der Waals surface area contributed by atoms with Crippen molar-refractivity contribution in [3.8, 4) is 17.2 Å². The highest BCUT2D eigenvalue weighted by molar-refractivity contribution is 6.03. The van der Waals surface area contributed by atoms with E-state index in [1.165, 1.54) is 14.0 Å². The van der Waals surface area contributed by atoms with Gasteiger partial charge in [-0.3, -0.25) is 9.59 Å². The van der Waals surface area contributed by atoms with Crippen molar-refractivity contribution in [3.63, 3.8) is 0 Å². The molecule has 6 heteroatoms. The topological polar surface area (TPSA) is 71.1 Å². The number of ether oxygens (including phenoxy) is 4.